The number of aromatic nitrogens is 2. The van der Waals surface area contributed by atoms with E-state index in [1.807, 2.05) is 13.8 Å². The van der Waals surface area contributed by atoms with E-state index in [0.29, 0.717) is 11.0 Å². The van der Waals surface area contributed by atoms with E-state index in [1.54, 1.807) is 19.2 Å². The number of rotatable bonds is 4. The molecule has 2 aromatic heterocycles. The Labute approximate surface area is 122 Å². The summed E-state index contributed by atoms with van der Waals surface area (Å²) < 4.78 is 6.82. The van der Waals surface area contributed by atoms with Gasteiger partial charge in [-0.25, -0.2) is 0 Å². The van der Waals surface area contributed by atoms with Crippen LogP contribution < -0.4 is 10.3 Å². The molecule has 0 aliphatic rings. The molecular weight excluding hydrogens is 270 g/mol. The number of aliphatic hydroxyl groups is 1. The summed E-state index contributed by atoms with van der Waals surface area (Å²) in [6.07, 6.45) is 0. The molecule has 2 rings (SSSR count). The molecule has 21 heavy (non-hydrogen) atoms. The Hall–Kier alpha value is -2.39. The molecule has 0 aromatic carbocycles. The third kappa shape index (κ3) is 2.73. The van der Waals surface area contributed by atoms with Crippen LogP contribution in [-0.2, 0) is 7.05 Å². The predicted molar refractivity (Wildman–Crippen MR) is 79.9 cm³/mol. The zero-order chi connectivity index (χ0) is 15.6. The minimum Gasteiger partial charge on any atom is -0.500 e. The summed E-state index contributed by atoms with van der Waals surface area (Å²) in [5.41, 5.74) is 1.93. The van der Waals surface area contributed by atoms with Gasteiger partial charge in [0.05, 0.1) is 12.1 Å². The van der Waals surface area contributed by atoms with Crippen LogP contribution in [-0.4, -0.2) is 27.9 Å². The number of hydrogen-bond donors (Lipinski definition) is 1. The first-order valence-electron chi connectivity index (χ1n) is 6.65. The Morgan fingerprint density at radius 2 is 2.19 bits per heavy atom. The SMILES string of the molecule is [C-]#[N+]c1nc2c(C(C)C)cc(=O)n(C)c2cc1OCCO. The number of pyridine rings is 2. The van der Waals surface area contributed by atoms with Gasteiger partial charge >= 0.3 is 5.82 Å². The average molecular weight is 287 g/mol. The molecule has 1 N–H and O–H groups in total. The average Bonchev–Trinajstić information content (AvgIpc) is 2.47. The molecule has 0 fully saturated rings. The third-order valence-corrected chi connectivity index (χ3v) is 3.27. The Balaban J connectivity index is 2.80. The minimum absolute atomic E-state index is 0.0769. The van der Waals surface area contributed by atoms with Gasteiger partial charge < -0.3 is 19.3 Å². The van der Waals surface area contributed by atoms with Crippen LogP contribution >= 0.6 is 0 Å². The molecule has 110 valence electrons. The van der Waals surface area contributed by atoms with Crippen LogP contribution in [0.15, 0.2) is 16.9 Å². The van der Waals surface area contributed by atoms with Crippen LogP contribution in [0.1, 0.15) is 25.3 Å². The highest BCUT2D eigenvalue weighted by Crippen LogP contribution is 2.32. The van der Waals surface area contributed by atoms with Crippen molar-refractivity contribution in [2.45, 2.75) is 19.8 Å². The zero-order valence-electron chi connectivity index (χ0n) is 12.3. The van der Waals surface area contributed by atoms with Crippen molar-refractivity contribution in [1.29, 1.82) is 0 Å². The molecule has 0 atom stereocenters. The fraction of sp³-hybridized carbons (Fsp3) is 0.400. The van der Waals surface area contributed by atoms with Crippen molar-refractivity contribution in [3.05, 3.63) is 39.5 Å². The van der Waals surface area contributed by atoms with Gasteiger partial charge in [-0.15, -0.1) is 4.98 Å². The van der Waals surface area contributed by atoms with Gasteiger partial charge in [-0.1, -0.05) is 20.4 Å². The Bertz CT molecular complexity index is 772. The van der Waals surface area contributed by atoms with Crippen molar-refractivity contribution < 1.29 is 9.84 Å². The van der Waals surface area contributed by atoms with Gasteiger partial charge in [0.2, 0.25) is 0 Å². The fourth-order valence-corrected chi connectivity index (χ4v) is 2.14. The lowest BCUT2D eigenvalue weighted by molar-refractivity contribution is 0.202. The summed E-state index contributed by atoms with van der Waals surface area (Å²) in [4.78, 5) is 19.8. The van der Waals surface area contributed by atoms with E-state index in [4.69, 9.17) is 16.4 Å². The van der Waals surface area contributed by atoms with E-state index in [0.717, 1.165) is 5.56 Å². The van der Waals surface area contributed by atoms with E-state index in [9.17, 15) is 4.79 Å². The van der Waals surface area contributed by atoms with Gasteiger partial charge in [-0.3, -0.25) is 4.79 Å². The second-order valence-electron chi connectivity index (χ2n) is 5.01. The normalized spacial score (nSPS) is 10.9. The van der Waals surface area contributed by atoms with Crippen LogP contribution in [0, 0.1) is 6.57 Å². The molecule has 6 nitrogen and oxygen atoms in total. The monoisotopic (exact) mass is 287 g/mol. The quantitative estimate of drug-likeness (QED) is 0.873. The van der Waals surface area contributed by atoms with Crippen LogP contribution in [0.2, 0.25) is 0 Å². The maximum absolute atomic E-state index is 12.0. The highest BCUT2D eigenvalue weighted by atomic mass is 16.5. The van der Waals surface area contributed by atoms with Gasteiger partial charge in [-0.05, 0) is 12.0 Å². The zero-order valence-corrected chi connectivity index (χ0v) is 12.3. The molecule has 6 heteroatoms. The summed E-state index contributed by atoms with van der Waals surface area (Å²) >= 11 is 0. The standard InChI is InChI=1S/C15H17N3O3/c1-9(2)10-7-13(20)18(4)11-8-12(21-6-5-19)15(16-3)17-14(10)11/h7-9,19H,5-6H2,1-2,4H3. The molecule has 0 unspecified atom stereocenters. The number of fused-ring (bicyclic) bond motifs is 1. The Morgan fingerprint density at radius 1 is 1.48 bits per heavy atom. The third-order valence-electron chi connectivity index (χ3n) is 3.27. The van der Waals surface area contributed by atoms with Gasteiger partial charge in [0, 0.05) is 18.7 Å². The van der Waals surface area contributed by atoms with Crippen LogP contribution in [0.5, 0.6) is 5.75 Å². The molecule has 0 spiro atoms. The Morgan fingerprint density at radius 3 is 2.76 bits per heavy atom. The van der Waals surface area contributed by atoms with E-state index in [-0.39, 0.29) is 36.3 Å². The summed E-state index contributed by atoms with van der Waals surface area (Å²) in [6, 6.07) is 3.20. The molecule has 2 heterocycles. The number of hydrogen-bond acceptors (Lipinski definition) is 4. The maximum Gasteiger partial charge on any atom is 0.312 e. The van der Waals surface area contributed by atoms with E-state index < -0.39 is 0 Å². The molecular formula is C15H17N3O3. The summed E-state index contributed by atoms with van der Waals surface area (Å²) in [5, 5.41) is 8.84. The van der Waals surface area contributed by atoms with Crippen molar-refractivity contribution in [2.75, 3.05) is 13.2 Å². The van der Waals surface area contributed by atoms with E-state index in [2.05, 4.69) is 9.83 Å². The van der Waals surface area contributed by atoms with Gasteiger partial charge in [-0.2, -0.15) is 0 Å². The van der Waals surface area contributed by atoms with Gasteiger partial charge in [0.1, 0.15) is 12.4 Å². The molecule has 0 aliphatic carbocycles. The smallest absolute Gasteiger partial charge is 0.312 e. The maximum atomic E-state index is 12.0. The Kier molecular flexibility index (Phi) is 4.24. The van der Waals surface area contributed by atoms with E-state index in [1.165, 1.54) is 4.57 Å². The molecule has 2 aromatic rings. The second kappa shape index (κ2) is 5.94. The number of aliphatic hydroxyl groups excluding tert-OH is 1. The van der Waals surface area contributed by atoms with Crippen LogP contribution in [0.25, 0.3) is 15.9 Å². The lowest BCUT2D eigenvalue weighted by Crippen LogP contribution is -2.18. The van der Waals surface area contributed by atoms with Crippen LogP contribution in [0.3, 0.4) is 0 Å². The number of nitrogens with zero attached hydrogens (tertiary/aromatic N) is 3. The lowest BCUT2D eigenvalue weighted by Gasteiger charge is -2.12. The topological polar surface area (TPSA) is 68.7 Å². The largest absolute Gasteiger partial charge is 0.500 e. The van der Waals surface area contributed by atoms with Crippen molar-refractivity contribution in [2.24, 2.45) is 7.05 Å². The first-order chi connectivity index (χ1) is 9.99. The van der Waals surface area contributed by atoms with Crippen molar-refractivity contribution in [3.63, 3.8) is 0 Å². The first kappa shape index (κ1) is 15.0. The molecule has 0 bridgehead atoms. The van der Waals surface area contributed by atoms with Crippen molar-refractivity contribution >= 4 is 16.9 Å². The first-order valence-corrected chi connectivity index (χ1v) is 6.65. The number of ether oxygens (including phenoxy) is 1. The van der Waals surface area contributed by atoms with Gasteiger partial charge in [0.15, 0.2) is 5.52 Å². The molecule has 0 saturated carbocycles. The van der Waals surface area contributed by atoms with E-state index >= 15 is 0 Å². The highest BCUT2D eigenvalue weighted by molar-refractivity contribution is 5.83. The molecule has 0 saturated heterocycles. The molecule has 0 radical (unpaired) electrons. The molecule has 0 amide bonds. The minimum atomic E-state index is -0.152. The number of aryl methyl sites for hydroxylation is 1. The predicted octanol–water partition coefficient (Wildman–Crippen LogP) is 1.98. The fourth-order valence-electron chi connectivity index (χ4n) is 2.14. The second-order valence-corrected chi connectivity index (χ2v) is 5.01. The van der Waals surface area contributed by atoms with Crippen molar-refractivity contribution in [3.8, 4) is 5.75 Å². The lowest BCUT2D eigenvalue weighted by atomic mass is 10.0. The molecule has 0 aliphatic heterocycles. The van der Waals surface area contributed by atoms with Gasteiger partial charge in [0.25, 0.3) is 5.56 Å². The highest BCUT2D eigenvalue weighted by Gasteiger charge is 2.18. The summed E-state index contributed by atoms with van der Waals surface area (Å²) in [6.45, 7) is 11.1. The van der Waals surface area contributed by atoms with Crippen LogP contribution in [0.4, 0.5) is 5.82 Å². The summed E-state index contributed by atoms with van der Waals surface area (Å²) in [5.74, 6) is 0.538. The summed E-state index contributed by atoms with van der Waals surface area (Å²) in [7, 11) is 1.66. The van der Waals surface area contributed by atoms with Crippen molar-refractivity contribution in [1.82, 2.24) is 9.55 Å².